The number of nitriles is 2. The van der Waals surface area contributed by atoms with E-state index in [9.17, 15) is 5.26 Å². The van der Waals surface area contributed by atoms with Gasteiger partial charge in [0.05, 0.1) is 28.5 Å². The van der Waals surface area contributed by atoms with Crippen molar-refractivity contribution >= 4 is 34.0 Å². The van der Waals surface area contributed by atoms with Gasteiger partial charge in [0, 0.05) is 17.6 Å². The van der Waals surface area contributed by atoms with Crippen molar-refractivity contribution in [1.29, 1.82) is 10.5 Å². The van der Waals surface area contributed by atoms with Crippen LogP contribution in [0.3, 0.4) is 0 Å². The van der Waals surface area contributed by atoms with Gasteiger partial charge in [-0.3, -0.25) is 0 Å². The number of thiophene rings is 1. The summed E-state index contributed by atoms with van der Waals surface area (Å²) in [7, 11) is 0. The van der Waals surface area contributed by atoms with Gasteiger partial charge in [0.1, 0.15) is 5.03 Å². The third-order valence-electron chi connectivity index (χ3n) is 3.52. The lowest BCUT2D eigenvalue weighted by molar-refractivity contribution is 0.685. The summed E-state index contributed by atoms with van der Waals surface area (Å²) in [5.74, 6) is 1.20. The summed E-state index contributed by atoms with van der Waals surface area (Å²) < 4.78 is 0. The first-order valence-electron chi connectivity index (χ1n) is 7.52. The average Bonchev–Trinajstić information content (AvgIpc) is 3.16. The van der Waals surface area contributed by atoms with Crippen molar-refractivity contribution in [2.45, 2.75) is 17.9 Å². The number of hydrogen-bond acceptors (Lipinski definition) is 6. The Morgan fingerprint density at radius 3 is 2.75 bits per heavy atom. The quantitative estimate of drug-likeness (QED) is 0.467. The largest absolute Gasteiger partial charge is 0.227 e. The minimum Gasteiger partial charge on any atom is -0.227 e. The summed E-state index contributed by atoms with van der Waals surface area (Å²) in [4.78, 5) is 10.4. The normalized spacial score (nSPS) is 11.8. The molecule has 6 heteroatoms. The maximum Gasteiger partial charge on any atom is 0.171 e. The monoisotopic (exact) mass is 350 g/mol. The van der Waals surface area contributed by atoms with E-state index in [2.05, 4.69) is 17.1 Å². The van der Waals surface area contributed by atoms with Crippen molar-refractivity contribution in [1.82, 2.24) is 9.97 Å². The van der Waals surface area contributed by atoms with Gasteiger partial charge in [0.15, 0.2) is 5.82 Å². The maximum absolute atomic E-state index is 9.24. The van der Waals surface area contributed by atoms with Gasteiger partial charge in [-0.05, 0) is 23.9 Å². The number of fused-ring (bicyclic) bond motifs is 1. The SMILES string of the molecule is N#CCC[C@@H](C#N)CSc1nc(-c2cccs2)nc2ccccc12. The molecular weight excluding hydrogens is 336 g/mol. The molecule has 24 heavy (non-hydrogen) atoms. The molecule has 2 aromatic heterocycles. The second-order valence-electron chi connectivity index (χ2n) is 5.18. The van der Waals surface area contributed by atoms with Gasteiger partial charge in [-0.25, -0.2) is 9.97 Å². The van der Waals surface area contributed by atoms with Gasteiger partial charge in [0.2, 0.25) is 0 Å². The van der Waals surface area contributed by atoms with Gasteiger partial charge in [-0.2, -0.15) is 10.5 Å². The minimum atomic E-state index is -0.145. The van der Waals surface area contributed by atoms with Crippen LogP contribution in [-0.4, -0.2) is 15.7 Å². The number of hydrogen-bond donors (Lipinski definition) is 0. The molecule has 118 valence electrons. The summed E-state index contributed by atoms with van der Waals surface area (Å²) in [6.07, 6.45) is 1.00. The van der Waals surface area contributed by atoms with E-state index in [0.29, 0.717) is 18.6 Å². The van der Waals surface area contributed by atoms with Gasteiger partial charge in [-0.15, -0.1) is 23.1 Å². The van der Waals surface area contributed by atoms with Crippen molar-refractivity contribution in [2.24, 2.45) is 5.92 Å². The maximum atomic E-state index is 9.24. The van der Waals surface area contributed by atoms with Crippen LogP contribution in [-0.2, 0) is 0 Å². The lowest BCUT2D eigenvalue weighted by Crippen LogP contribution is -2.01. The van der Waals surface area contributed by atoms with E-state index in [1.165, 1.54) is 0 Å². The molecule has 0 radical (unpaired) electrons. The molecule has 0 spiro atoms. The predicted octanol–water partition coefficient (Wildman–Crippen LogP) is 4.89. The molecule has 4 nitrogen and oxygen atoms in total. The summed E-state index contributed by atoms with van der Waals surface area (Å²) >= 11 is 3.18. The zero-order chi connectivity index (χ0) is 16.8. The summed E-state index contributed by atoms with van der Waals surface area (Å²) in [5, 5.41) is 21.8. The first-order chi connectivity index (χ1) is 11.8. The van der Waals surface area contributed by atoms with Crippen LogP contribution in [0.15, 0.2) is 46.8 Å². The van der Waals surface area contributed by atoms with Crippen molar-refractivity contribution in [2.75, 3.05) is 5.75 Å². The molecule has 0 amide bonds. The highest BCUT2D eigenvalue weighted by molar-refractivity contribution is 7.99. The molecule has 3 aromatic rings. The zero-order valence-corrected chi connectivity index (χ0v) is 14.5. The first-order valence-corrected chi connectivity index (χ1v) is 9.38. The summed E-state index contributed by atoms with van der Waals surface area (Å²) in [6, 6.07) is 16.3. The molecule has 1 aromatic carbocycles. The van der Waals surface area contributed by atoms with Gasteiger partial charge in [-0.1, -0.05) is 24.3 Å². The van der Waals surface area contributed by atoms with Crippen LogP contribution < -0.4 is 0 Å². The second-order valence-corrected chi connectivity index (χ2v) is 7.14. The molecule has 0 aliphatic heterocycles. The van der Waals surface area contributed by atoms with Crippen LogP contribution in [0.4, 0.5) is 0 Å². The van der Waals surface area contributed by atoms with Crippen molar-refractivity contribution in [3.8, 4) is 22.8 Å². The topological polar surface area (TPSA) is 73.4 Å². The van der Waals surface area contributed by atoms with Gasteiger partial charge in [0.25, 0.3) is 0 Å². The fraction of sp³-hybridized carbons (Fsp3) is 0.222. The van der Waals surface area contributed by atoms with Gasteiger partial charge >= 0.3 is 0 Å². The molecule has 0 aliphatic rings. The standard InChI is InChI=1S/C18H14N4S2/c19-9-3-5-13(11-20)12-24-18-14-6-1-2-7-15(14)21-17(22-18)16-8-4-10-23-16/h1-2,4,6-8,10,13H,3,5,12H2/t13-/m0/s1. The van der Waals surface area contributed by atoms with Crippen molar-refractivity contribution in [3.63, 3.8) is 0 Å². The van der Waals surface area contributed by atoms with Crippen LogP contribution in [0.5, 0.6) is 0 Å². The number of nitrogens with zero attached hydrogens (tertiary/aromatic N) is 4. The molecule has 0 unspecified atom stereocenters. The fourth-order valence-electron chi connectivity index (χ4n) is 2.28. The average molecular weight is 350 g/mol. The summed E-state index contributed by atoms with van der Waals surface area (Å²) in [6.45, 7) is 0. The van der Waals surface area contributed by atoms with E-state index in [-0.39, 0.29) is 5.92 Å². The zero-order valence-electron chi connectivity index (χ0n) is 12.8. The third-order valence-corrected chi connectivity index (χ3v) is 5.54. The Kier molecular flexibility index (Phi) is 5.43. The Morgan fingerprint density at radius 2 is 2.00 bits per heavy atom. The van der Waals surface area contributed by atoms with Crippen LogP contribution in [0.1, 0.15) is 12.8 Å². The minimum absolute atomic E-state index is 0.145. The van der Waals surface area contributed by atoms with Gasteiger partial charge < -0.3 is 0 Å². The third kappa shape index (κ3) is 3.73. The smallest absolute Gasteiger partial charge is 0.171 e. The lowest BCUT2D eigenvalue weighted by atomic mass is 10.1. The molecule has 0 bridgehead atoms. The van der Waals surface area contributed by atoms with Crippen LogP contribution >= 0.6 is 23.1 Å². The van der Waals surface area contributed by atoms with E-state index in [4.69, 9.17) is 10.2 Å². The lowest BCUT2D eigenvalue weighted by Gasteiger charge is -2.09. The molecule has 0 saturated carbocycles. The van der Waals surface area contributed by atoms with E-state index in [0.717, 1.165) is 26.6 Å². The Morgan fingerprint density at radius 1 is 1.12 bits per heavy atom. The number of para-hydroxylation sites is 1. The highest BCUT2D eigenvalue weighted by Gasteiger charge is 2.13. The molecule has 1 atom stereocenters. The van der Waals surface area contributed by atoms with E-state index < -0.39 is 0 Å². The molecular formula is C18H14N4S2. The van der Waals surface area contributed by atoms with Crippen LogP contribution in [0.2, 0.25) is 0 Å². The molecule has 3 rings (SSSR count). The van der Waals surface area contributed by atoms with E-state index in [1.54, 1.807) is 23.1 Å². The Hall–Kier alpha value is -2.41. The highest BCUT2D eigenvalue weighted by Crippen LogP contribution is 2.31. The number of aromatic nitrogens is 2. The number of rotatable bonds is 6. The van der Waals surface area contributed by atoms with E-state index in [1.807, 2.05) is 41.8 Å². The number of benzene rings is 1. The molecule has 0 aliphatic carbocycles. The van der Waals surface area contributed by atoms with Crippen LogP contribution in [0, 0.1) is 28.6 Å². The molecule has 0 fully saturated rings. The molecule has 2 heterocycles. The Bertz CT molecular complexity index is 907. The predicted molar refractivity (Wildman–Crippen MR) is 97.5 cm³/mol. The van der Waals surface area contributed by atoms with Crippen LogP contribution in [0.25, 0.3) is 21.6 Å². The number of thioether (sulfide) groups is 1. The van der Waals surface area contributed by atoms with Crippen molar-refractivity contribution in [3.05, 3.63) is 41.8 Å². The first kappa shape index (κ1) is 16.4. The fourth-order valence-corrected chi connectivity index (χ4v) is 4.01. The molecule has 0 N–H and O–H groups in total. The van der Waals surface area contributed by atoms with E-state index >= 15 is 0 Å². The second kappa shape index (κ2) is 7.92. The summed E-state index contributed by atoms with van der Waals surface area (Å²) in [5.41, 5.74) is 0.906. The Labute approximate surface area is 148 Å². The highest BCUT2D eigenvalue weighted by atomic mass is 32.2. The van der Waals surface area contributed by atoms with Crippen molar-refractivity contribution < 1.29 is 0 Å². The Balaban J connectivity index is 1.91. The molecule has 0 saturated heterocycles.